The number of carbonyl (C=O) groups excluding carboxylic acids is 1. The lowest BCUT2D eigenvalue weighted by molar-refractivity contribution is 0.102. The second-order valence-electron chi connectivity index (χ2n) is 8.18. The predicted octanol–water partition coefficient (Wildman–Crippen LogP) is 4.80. The van der Waals surface area contributed by atoms with Gasteiger partial charge in [0.2, 0.25) is 5.95 Å². The number of morpholine rings is 1. The number of carbonyl (C=O) groups is 1. The first-order valence-electron chi connectivity index (χ1n) is 11.7. The Morgan fingerprint density at radius 3 is 2.44 bits per heavy atom. The fourth-order valence-electron chi connectivity index (χ4n) is 3.55. The Bertz CT molecular complexity index is 1080. The van der Waals surface area contributed by atoms with Crippen molar-refractivity contribution in [3.63, 3.8) is 0 Å². The molecule has 0 atom stereocenters. The van der Waals surface area contributed by atoms with Gasteiger partial charge in [0, 0.05) is 41.8 Å². The van der Waals surface area contributed by atoms with Crippen molar-refractivity contribution in [3.8, 4) is 5.75 Å². The largest absolute Gasteiger partial charge is 0.494 e. The third kappa shape index (κ3) is 6.45. The molecule has 1 aromatic heterocycles. The highest BCUT2D eigenvalue weighted by Crippen LogP contribution is 2.21. The van der Waals surface area contributed by atoms with Crippen LogP contribution in [-0.2, 0) is 4.74 Å². The van der Waals surface area contributed by atoms with Crippen LogP contribution < -0.4 is 20.3 Å². The van der Waals surface area contributed by atoms with E-state index in [0.29, 0.717) is 37.0 Å². The fourth-order valence-corrected chi connectivity index (χ4v) is 3.55. The Labute approximate surface area is 200 Å². The maximum absolute atomic E-state index is 12.6. The van der Waals surface area contributed by atoms with Crippen molar-refractivity contribution in [1.29, 1.82) is 0 Å². The van der Waals surface area contributed by atoms with Gasteiger partial charge in [0.25, 0.3) is 5.91 Å². The van der Waals surface area contributed by atoms with Gasteiger partial charge in [0.15, 0.2) is 0 Å². The zero-order valence-corrected chi connectivity index (χ0v) is 19.7. The summed E-state index contributed by atoms with van der Waals surface area (Å²) in [5.74, 6) is 2.04. The van der Waals surface area contributed by atoms with E-state index in [1.807, 2.05) is 49.4 Å². The number of nitrogens with one attached hydrogen (secondary N) is 2. The quantitative estimate of drug-likeness (QED) is 0.443. The van der Waals surface area contributed by atoms with E-state index in [-0.39, 0.29) is 5.91 Å². The molecule has 0 bridgehead atoms. The number of benzene rings is 2. The predicted molar refractivity (Wildman–Crippen MR) is 134 cm³/mol. The van der Waals surface area contributed by atoms with Crippen LogP contribution in [0, 0.1) is 6.92 Å². The van der Waals surface area contributed by atoms with E-state index in [0.717, 1.165) is 48.9 Å². The van der Waals surface area contributed by atoms with Gasteiger partial charge in [-0.2, -0.15) is 4.98 Å². The van der Waals surface area contributed by atoms with Crippen molar-refractivity contribution in [2.45, 2.75) is 26.7 Å². The molecule has 1 aliphatic rings. The Kier molecular flexibility index (Phi) is 7.93. The maximum atomic E-state index is 12.6. The molecule has 178 valence electrons. The van der Waals surface area contributed by atoms with Crippen molar-refractivity contribution in [3.05, 3.63) is 65.9 Å². The van der Waals surface area contributed by atoms with Crippen LogP contribution >= 0.6 is 0 Å². The Morgan fingerprint density at radius 2 is 1.74 bits per heavy atom. The number of ether oxygens (including phenoxy) is 2. The molecule has 34 heavy (non-hydrogen) atoms. The van der Waals surface area contributed by atoms with E-state index in [2.05, 4.69) is 32.4 Å². The molecule has 2 N–H and O–H groups in total. The SMILES string of the molecule is CCCCOc1ccc(C(=O)Nc2ccc(Nc3cc(C)nc(N4CCOCC4)n3)cc2)cc1. The van der Waals surface area contributed by atoms with Gasteiger partial charge in [-0.3, -0.25) is 4.79 Å². The molecule has 1 amide bonds. The molecule has 0 aliphatic carbocycles. The summed E-state index contributed by atoms with van der Waals surface area (Å²) in [6, 6.07) is 16.7. The van der Waals surface area contributed by atoms with Crippen LogP contribution in [0.15, 0.2) is 54.6 Å². The lowest BCUT2D eigenvalue weighted by Gasteiger charge is -2.27. The zero-order chi connectivity index (χ0) is 23.8. The summed E-state index contributed by atoms with van der Waals surface area (Å²) in [4.78, 5) is 23.9. The third-order valence-corrected chi connectivity index (χ3v) is 5.43. The molecule has 2 aromatic carbocycles. The number of rotatable bonds is 9. The summed E-state index contributed by atoms with van der Waals surface area (Å²) in [5.41, 5.74) is 3.06. The smallest absolute Gasteiger partial charge is 0.255 e. The number of nitrogens with zero attached hydrogens (tertiary/aromatic N) is 3. The van der Waals surface area contributed by atoms with Gasteiger partial charge < -0.3 is 25.0 Å². The topological polar surface area (TPSA) is 88.6 Å². The van der Waals surface area contributed by atoms with Crippen molar-refractivity contribution in [2.24, 2.45) is 0 Å². The van der Waals surface area contributed by atoms with Crippen LogP contribution in [0.1, 0.15) is 35.8 Å². The molecule has 3 aromatic rings. The molecular weight excluding hydrogens is 430 g/mol. The van der Waals surface area contributed by atoms with Gasteiger partial charge in [-0.15, -0.1) is 0 Å². The van der Waals surface area contributed by atoms with E-state index in [1.165, 1.54) is 0 Å². The monoisotopic (exact) mass is 461 g/mol. The summed E-state index contributed by atoms with van der Waals surface area (Å²) in [5, 5.41) is 6.26. The van der Waals surface area contributed by atoms with Crippen LogP contribution in [0.4, 0.5) is 23.1 Å². The molecular formula is C26H31N5O3. The van der Waals surface area contributed by atoms with Gasteiger partial charge in [-0.25, -0.2) is 4.98 Å². The van der Waals surface area contributed by atoms with Crippen LogP contribution in [0.2, 0.25) is 0 Å². The van der Waals surface area contributed by atoms with Crippen LogP contribution in [0.25, 0.3) is 0 Å². The molecule has 1 aliphatic heterocycles. The van der Waals surface area contributed by atoms with E-state index in [1.54, 1.807) is 12.1 Å². The first-order chi connectivity index (χ1) is 16.6. The second-order valence-corrected chi connectivity index (χ2v) is 8.18. The van der Waals surface area contributed by atoms with E-state index < -0.39 is 0 Å². The average Bonchev–Trinajstić information content (AvgIpc) is 2.86. The van der Waals surface area contributed by atoms with Gasteiger partial charge in [0.05, 0.1) is 19.8 Å². The van der Waals surface area contributed by atoms with Gasteiger partial charge in [0.1, 0.15) is 11.6 Å². The first-order valence-corrected chi connectivity index (χ1v) is 11.7. The number of unbranched alkanes of at least 4 members (excludes halogenated alkanes) is 1. The van der Waals surface area contributed by atoms with E-state index in [9.17, 15) is 4.79 Å². The number of aryl methyl sites for hydroxylation is 1. The minimum Gasteiger partial charge on any atom is -0.494 e. The molecule has 0 saturated carbocycles. The molecule has 0 spiro atoms. The third-order valence-electron chi connectivity index (χ3n) is 5.43. The van der Waals surface area contributed by atoms with Crippen molar-refractivity contribution >= 4 is 29.0 Å². The molecule has 2 heterocycles. The van der Waals surface area contributed by atoms with E-state index >= 15 is 0 Å². The van der Waals surface area contributed by atoms with Gasteiger partial charge >= 0.3 is 0 Å². The molecule has 1 saturated heterocycles. The number of aromatic nitrogens is 2. The molecule has 4 rings (SSSR count). The summed E-state index contributed by atoms with van der Waals surface area (Å²) in [6.45, 7) is 7.70. The van der Waals surface area contributed by atoms with Crippen LogP contribution in [0.3, 0.4) is 0 Å². The Hall–Kier alpha value is -3.65. The number of amides is 1. The fraction of sp³-hybridized carbons (Fsp3) is 0.346. The zero-order valence-electron chi connectivity index (χ0n) is 19.7. The highest BCUT2D eigenvalue weighted by atomic mass is 16.5. The Balaban J connectivity index is 1.35. The number of hydrogen-bond donors (Lipinski definition) is 2. The second kappa shape index (κ2) is 11.5. The highest BCUT2D eigenvalue weighted by Gasteiger charge is 2.15. The van der Waals surface area contributed by atoms with Gasteiger partial charge in [-0.05, 0) is 61.9 Å². The normalized spacial score (nSPS) is 13.4. The summed E-state index contributed by atoms with van der Waals surface area (Å²) >= 11 is 0. The molecule has 8 heteroatoms. The summed E-state index contributed by atoms with van der Waals surface area (Å²) in [6.07, 6.45) is 2.10. The highest BCUT2D eigenvalue weighted by molar-refractivity contribution is 6.04. The number of hydrogen-bond acceptors (Lipinski definition) is 7. The van der Waals surface area contributed by atoms with Crippen molar-refractivity contribution in [1.82, 2.24) is 9.97 Å². The van der Waals surface area contributed by atoms with Crippen molar-refractivity contribution < 1.29 is 14.3 Å². The Morgan fingerprint density at radius 1 is 1.03 bits per heavy atom. The van der Waals surface area contributed by atoms with Crippen molar-refractivity contribution in [2.75, 3.05) is 48.4 Å². The van der Waals surface area contributed by atoms with Crippen LogP contribution in [0.5, 0.6) is 5.75 Å². The summed E-state index contributed by atoms with van der Waals surface area (Å²) < 4.78 is 11.1. The molecule has 0 unspecified atom stereocenters. The standard InChI is InChI=1S/C26H31N5O3/c1-3-4-15-34-23-11-5-20(6-12-23)25(32)29-22-9-7-21(8-10-22)28-24-18-19(2)27-26(30-24)31-13-16-33-17-14-31/h5-12,18H,3-4,13-17H2,1-2H3,(H,29,32)(H,27,28,30). The minimum absolute atomic E-state index is 0.164. The lowest BCUT2D eigenvalue weighted by Crippen LogP contribution is -2.37. The first kappa shape index (κ1) is 23.5. The molecule has 0 radical (unpaired) electrons. The molecule has 1 fully saturated rings. The summed E-state index contributed by atoms with van der Waals surface area (Å²) in [7, 11) is 0. The van der Waals surface area contributed by atoms with Gasteiger partial charge in [-0.1, -0.05) is 13.3 Å². The average molecular weight is 462 g/mol. The van der Waals surface area contributed by atoms with E-state index in [4.69, 9.17) is 9.47 Å². The number of anilines is 4. The van der Waals surface area contributed by atoms with Crippen LogP contribution in [-0.4, -0.2) is 48.8 Å². The maximum Gasteiger partial charge on any atom is 0.255 e. The lowest BCUT2D eigenvalue weighted by atomic mass is 10.2. The molecule has 8 nitrogen and oxygen atoms in total. The minimum atomic E-state index is -0.164.